The average molecular weight is 396 g/mol. The van der Waals surface area contributed by atoms with Crippen LogP contribution in [-0.2, 0) is 32.2 Å². The van der Waals surface area contributed by atoms with Gasteiger partial charge >= 0.3 is 5.97 Å². The zero-order valence-electron chi connectivity index (χ0n) is 14.8. The molecule has 0 saturated carbocycles. The van der Waals surface area contributed by atoms with Gasteiger partial charge in [-0.15, -0.1) is 0 Å². The number of rotatable bonds is 6. The molecule has 0 atom stereocenters. The number of benzene rings is 1. The standard InChI is InChI=1S/C17H20N2O5S2/c1-4-24-16(21)15-12(2)19(3)17(25-15)18-14(20)11-26(22,23)10-13-8-6-5-7-9-13/h5-9H,4,10-11H2,1-3H3. The van der Waals surface area contributed by atoms with Gasteiger partial charge in [-0.3, -0.25) is 4.79 Å². The first-order valence-electron chi connectivity index (χ1n) is 7.89. The van der Waals surface area contributed by atoms with E-state index in [2.05, 4.69) is 4.99 Å². The molecule has 7 nitrogen and oxygen atoms in total. The summed E-state index contributed by atoms with van der Waals surface area (Å²) in [6.07, 6.45) is 0. The van der Waals surface area contributed by atoms with E-state index < -0.39 is 27.5 Å². The highest BCUT2D eigenvalue weighted by atomic mass is 32.2. The number of esters is 1. The van der Waals surface area contributed by atoms with Crippen LogP contribution >= 0.6 is 11.3 Å². The van der Waals surface area contributed by atoms with Crippen LogP contribution in [0, 0.1) is 6.92 Å². The molecule has 1 heterocycles. The van der Waals surface area contributed by atoms with Crippen molar-refractivity contribution in [1.82, 2.24) is 4.57 Å². The lowest BCUT2D eigenvalue weighted by Gasteiger charge is -2.02. The van der Waals surface area contributed by atoms with E-state index >= 15 is 0 Å². The third-order valence-electron chi connectivity index (χ3n) is 3.57. The summed E-state index contributed by atoms with van der Waals surface area (Å²) in [6, 6.07) is 8.64. The predicted molar refractivity (Wildman–Crippen MR) is 98.5 cm³/mol. The average Bonchev–Trinajstić information content (AvgIpc) is 2.83. The van der Waals surface area contributed by atoms with E-state index in [0.29, 0.717) is 16.1 Å². The van der Waals surface area contributed by atoms with Crippen LogP contribution in [0.5, 0.6) is 0 Å². The first kappa shape index (κ1) is 20.1. The maximum Gasteiger partial charge on any atom is 0.350 e. The molecule has 0 aliphatic heterocycles. The second kappa shape index (κ2) is 8.41. The van der Waals surface area contributed by atoms with Crippen LogP contribution in [0.25, 0.3) is 0 Å². The first-order chi connectivity index (χ1) is 12.2. The van der Waals surface area contributed by atoms with Crippen molar-refractivity contribution < 1.29 is 22.7 Å². The van der Waals surface area contributed by atoms with Crippen molar-refractivity contribution in [2.24, 2.45) is 12.0 Å². The maximum absolute atomic E-state index is 12.2. The molecule has 0 spiro atoms. The molecule has 9 heteroatoms. The number of thiazole rings is 1. The monoisotopic (exact) mass is 396 g/mol. The van der Waals surface area contributed by atoms with Gasteiger partial charge in [0.2, 0.25) is 0 Å². The fourth-order valence-electron chi connectivity index (χ4n) is 2.22. The third-order valence-corrected chi connectivity index (χ3v) is 6.24. The quantitative estimate of drug-likeness (QED) is 0.692. The molecule has 0 saturated heterocycles. The van der Waals surface area contributed by atoms with Gasteiger partial charge in [0.1, 0.15) is 10.6 Å². The summed E-state index contributed by atoms with van der Waals surface area (Å²) in [5, 5.41) is 0. The minimum Gasteiger partial charge on any atom is -0.462 e. The Morgan fingerprint density at radius 1 is 1.23 bits per heavy atom. The highest BCUT2D eigenvalue weighted by molar-refractivity contribution is 7.91. The number of aromatic nitrogens is 1. The van der Waals surface area contributed by atoms with Gasteiger partial charge in [0.25, 0.3) is 5.91 Å². The molecule has 1 aromatic heterocycles. The van der Waals surface area contributed by atoms with E-state index in [4.69, 9.17) is 4.74 Å². The molecule has 0 N–H and O–H groups in total. The Kier molecular flexibility index (Phi) is 6.49. The van der Waals surface area contributed by atoms with Crippen LogP contribution in [0.3, 0.4) is 0 Å². The second-order valence-electron chi connectivity index (χ2n) is 5.60. The van der Waals surface area contributed by atoms with Crippen molar-refractivity contribution in [3.63, 3.8) is 0 Å². The van der Waals surface area contributed by atoms with Crippen molar-refractivity contribution in [2.45, 2.75) is 19.6 Å². The van der Waals surface area contributed by atoms with E-state index in [1.54, 1.807) is 55.8 Å². The number of hydrogen-bond acceptors (Lipinski definition) is 6. The second-order valence-corrected chi connectivity index (χ2v) is 8.64. The van der Waals surface area contributed by atoms with Gasteiger partial charge in [0, 0.05) is 12.7 Å². The molecule has 0 bridgehead atoms. The van der Waals surface area contributed by atoms with Gasteiger partial charge in [-0.2, -0.15) is 4.99 Å². The molecular formula is C17H20N2O5S2. The van der Waals surface area contributed by atoms with E-state index in [0.717, 1.165) is 11.3 Å². The number of hydrogen-bond donors (Lipinski definition) is 0. The fraction of sp³-hybridized carbons (Fsp3) is 0.353. The first-order valence-corrected chi connectivity index (χ1v) is 10.5. The molecule has 1 aromatic carbocycles. The highest BCUT2D eigenvalue weighted by Crippen LogP contribution is 2.12. The molecule has 1 amide bonds. The van der Waals surface area contributed by atoms with Gasteiger partial charge in [0.05, 0.1) is 12.4 Å². The van der Waals surface area contributed by atoms with E-state index in [1.165, 1.54) is 0 Å². The highest BCUT2D eigenvalue weighted by Gasteiger charge is 2.19. The Morgan fingerprint density at radius 2 is 1.88 bits per heavy atom. The zero-order chi connectivity index (χ0) is 19.3. The summed E-state index contributed by atoms with van der Waals surface area (Å²) >= 11 is 0.999. The normalized spacial score (nSPS) is 12.2. The summed E-state index contributed by atoms with van der Waals surface area (Å²) in [6.45, 7) is 3.65. The summed E-state index contributed by atoms with van der Waals surface area (Å²) in [5.41, 5.74) is 1.22. The third kappa shape index (κ3) is 5.12. The molecule has 26 heavy (non-hydrogen) atoms. The number of amides is 1. The van der Waals surface area contributed by atoms with Gasteiger partial charge in [-0.25, -0.2) is 13.2 Å². The van der Waals surface area contributed by atoms with Crippen LogP contribution < -0.4 is 4.80 Å². The minimum absolute atomic E-state index is 0.223. The van der Waals surface area contributed by atoms with E-state index in [-0.39, 0.29) is 17.2 Å². The lowest BCUT2D eigenvalue weighted by atomic mass is 10.2. The van der Waals surface area contributed by atoms with Crippen molar-refractivity contribution in [3.8, 4) is 0 Å². The lowest BCUT2D eigenvalue weighted by molar-refractivity contribution is -0.115. The Balaban J connectivity index is 2.20. The molecule has 0 fully saturated rings. The van der Waals surface area contributed by atoms with Crippen LogP contribution in [-0.4, -0.2) is 37.2 Å². The summed E-state index contributed by atoms with van der Waals surface area (Å²) in [4.78, 5) is 28.5. The molecule has 2 rings (SSSR count). The molecule has 0 unspecified atom stereocenters. The summed E-state index contributed by atoms with van der Waals surface area (Å²) in [5.74, 6) is -2.17. The van der Waals surface area contributed by atoms with E-state index in [9.17, 15) is 18.0 Å². The van der Waals surface area contributed by atoms with Crippen molar-refractivity contribution in [2.75, 3.05) is 12.4 Å². The predicted octanol–water partition coefficient (Wildman–Crippen LogP) is 1.61. The Hall–Kier alpha value is -2.26. The molecule has 2 aromatic rings. The van der Waals surface area contributed by atoms with Crippen LogP contribution in [0.1, 0.15) is 27.9 Å². The SMILES string of the molecule is CCOC(=O)c1sc(=NC(=O)CS(=O)(=O)Cc2ccccc2)n(C)c1C. The summed E-state index contributed by atoms with van der Waals surface area (Å²) in [7, 11) is -1.98. The number of nitrogens with zero attached hydrogens (tertiary/aromatic N) is 2. The van der Waals surface area contributed by atoms with Crippen LogP contribution in [0.15, 0.2) is 35.3 Å². The van der Waals surface area contributed by atoms with Crippen molar-refractivity contribution >= 4 is 33.1 Å². The Labute approximate surface area is 155 Å². The summed E-state index contributed by atoms with van der Waals surface area (Å²) < 4.78 is 30.9. The van der Waals surface area contributed by atoms with Gasteiger partial charge in [-0.1, -0.05) is 41.7 Å². The van der Waals surface area contributed by atoms with Crippen LogP contribution in [0.2, 0.25) is 0 Å². The fourth-order valence-corrected chi connectivity index (χ4v) is 4.49. The van der Waals surface area contributed by atoms with Gasteiger partial charge < -0.3 is 9.30 Å². The number of carbonyl (C=O) groups is 2. The smallest absolute Gasteiger partial charge is 0.350 e. The molecule has 0 aliphatic carbocycles. The Morgan fingerprint density at radius 3 is 2.50 bits per heavy atom. The molecule has 140 valence electrons. The maximum atomic E-state index is 12.2. The number of sulfone groups is 1. The largest absolute Gasteiger partial charge is 0.462 e. The van der Waals surface area contributed by atoms with Crippen molar-refractivity contribution in [3.05, 3.63) is 51.3 Å². The molecular weight excluding hydrogens is 376 g/mol. The van der Waals surface area contributed by atoms with Crippen LogP contribution in [0.4, 0.5) is 0 Å². The zero-order valence-corrected chi connectivity index (χ0v) is 16.4. The lowest BCUT2D eigenvalue weighted by Crippen LogP contribution is -2.20. The molecule has 0 radical (unpaired) electrons. The number of carbonyl (C=O) groups excluding carboxylic acids is 2. The topological polar surface area (TPSA) is 94.8 Å². The minimum atomic E-state index is -3.63. The Bertz CT molecular complexity index is 972. The van der Waals surface area contributed by atoms with E-state index in [1.807, 2.05) is 0 Å². The molecule has 0 aliphatic rings. The van der Waals surface area contributed by atoms with Gasteiger partial charge in [-0.05, 0) is 19.4 Å². The van der Waals surface area contributed by atoms with Gasteiger partial charge in [0.15, 0.2) is 14.6 Å². The number of ether oxygens (including phenoxy) is 1. The van der Waals surface area contributed by atoms with Crippen molar-refractivity contribution in [1.29, 1.82) is 0 Å².